The van der Waals surface area contributed by atoms with Crippen LogP contribution in [0.4, 0.5) is 10.1 Å². The van der Waals surface area contributed by atoms with E-state index in [0.717, 1.165) is 55.9 Å². The number of hydrogen-bond donors (Lipinski definition) is 0. The number of rotatable bonds is 3. The van der Waals surface area contributed by atoms with Crippen LogP contribution in [0.5, 0.6) is 0 Å². The third-order valence-electron chi connectivity index (χ3n) is 4.50. The van der Waals surface area contributed by atoms with E-state index < -0.39 is 0 Å². The Morgan fingerprint density at radius 2 is 1.75 bits per heavy atom. The van der Waals surface area contributed by atoms with Gasteiger partial charge >= 0.3 is 0 Å². The van der Waals surface area contributed by atoms with Crippen molar-refractivity contribution < 1.29 is 9.02 Å². The third kappa shape index (κ3) is 3.23. The Labute approximate surface area is 139 Å². The highest BCUT2D eigenvalue weighted by atomic mass is 19.1. The van der Waals surface area contributed by atoms with Crippen molar-refractivity contribution in [2.45, 2.75) is 13.0 Å². The first kappa shape index (κ1) is 15.1. The summed E-state index contributed by atoms with van der Waals surface area (Å²) in [4.78, 5) is 4.77. The summed E-state index contributed by atoms with van der Waals surface area (Å²) >= 11 is 0. The molecule has 24 heavy (non-hydrogen) atoms. The van der Waals surface area contributed by atoms with Crippen LogP contribution in [0.1, 0.15) is 12.0 Å². The van der Waals surface area contributed by atoms with Crippen molar-refractivity contribution in [1.82, 2.24) is 15.2 Å². The monoisotopic (exact) mass is 326 g/mol. The van der Waals surface area contributed by atoms with Crippen LogP contribution >= 0.6 is 0 Å². The normalized spacial score (nSPS) is 16.5. The lowest BCUT2D eigenvalue weighted by Crippen LogP contribution is -2.30. The predicted octanol–water partition coefficient (Wildman–Crippen LogP) is 3.07. The first-order valence-electron chi connectivity index (χ1n) is 8.22. The molecule has 2 aromatic carbocycles. The minimum atomic E-state index is -0.187. The maximum atomic E-state index is 13.1. The van der Waals surface area contributed by atoms with Crippen LogP contribution in [0, 0.1) is 5.82 Å². The first-order chi connectivity index (χ1) is 11.8. The van der Waals surface area contributed by atoms with E-state index in [2.05, 4.69) is 26.2 Å². The Balaban J connectivity index is 1.41. The smallest absolute Gasteiger partial charge is 0.135 e. The molecule has 6 heteroatoms. The van der Waals surface area contributed by atoms with Gasteiger partial charge < -0.3 is 4.90 Å². The van der Waals surface area contributed by atoms with Crippen LogP contribution in [0.2, 0.25) is 0 Å². The molecule has 0 radical (unpaired) electrons. The minimum absolute atomic E-state index is 0.187. The van der Waals surface area contributed by atoms with E-state index in [1.165, 1.54) is 17.7 Å². The fourth-order valence-corrected chi connectivity index (χ4v) is 3.22. The number of benzene rings is 2. The van der Waals surface area contributed by atoms with E-state index in [4.69, 9.17) is 4.63 Å². The summed E-state index contributed by atoms with van der Waals surface area (Å²) < 4.78 is 17.8. The number of hydrogen-bond acceptors (Lipinski definition) is 5. The van der Waals surface area contributed by atoms with Crippen LogP contribution in [0.15, 0.2) is 47.1 Å². The van der Waals surface area contributed by atoms with Gasteiger partial charge in [0.2, 0.25) is 0 Å². The first-order valence-corrected chi connectivity index (χ1v) is 8.22. The zero-order valence-corrected chi connectivity index (χ0v) is 13.4. The van der Waals surface area contributed by atoms with E-state index in [1.54, 1.807) is 0 Å². The molecule has 4 rings (SSSR count). The molecule has 0 spiro atoms. The Bertz CT molecular complexity index is 817. The van der Waals surface area contributed by atoms with Gasteiger partial charge in [0.15, 0.2) is 0 Å². The SMILES string of the molecule is Fc1ccc(N2CCCN(Cc3ccc4nonc4c3)CC2)cc1. The van der Waals surface area contributed by atoms with E-state index in [1.807, 2.05) is 24.3 Å². The van der Waals surface area contributed by atoms with Gasteiger partial charge in [0.05, 0.1) is 0 Å². The number of nitrogens with zero attached hydrogens (tertiary/aromatic N) is 4. The van der Waals surface area contributed by atoms with E-state index in [9.17, 15) is 4.39 Å². The van der Waals surface area contributed by atoms with E-state index in [-0.39, 0.29) is 5.82 Å². The molecular weight excluding hydrogens is 307 g/mol. The molecule has 1 saturated heterocycles. The summed E-state index contributed by atoms with van der Waals surface area (Å²) in [6.45, 7) is 4.85. The van der Waals surface area contributed by atoms with Crippen molar-refractivity contribution in [3.8, 4) is 0 Å². The summed E-state index contributed by atoms with van der Waals surface area (Å²) in [5, 5.41) is 7.74. The highest BCUT2D eigenvalue weighted by Crippen LogP contribution is 2.19. The zero-order chi connectivity index (χ0) is 16.4. The molecule has 1 aliphatic rings. The van der Waals surface area contributed by atoms with Gasteiger partial charge in [-0.2, -0.15) is 0 Å². The lowest BCUT2D eigenvalue weighted by Gasteiger charge is -2.23. The zero-order valence-electron chi connectivity index (χ0n) is 13.4. The fourth-order valence-electron chi connectivity index (χ4n) is 3.22. The molecule has 1 aromatic heterocycles. The number of anilines is 1. The maximum Gasteiger partial charge on any atom is 0.135 e. The quantitative estimate of drug-likeness (QED) is 0.740. The van der Waals surface area contributed by atoms with E-state index in [0.29, 0.717) is 0 Å². The van der Waals surface area contributed by atoms with Crippen molar-refractivity contribution in [2.24, 2.45) is 0 Å². The molecule has 0 bridgehead atoms. The topological polar surface area (TPSA) is 45.4 Å². The summed E-state index contributed by atoms with van der Waals surface area (Å²) in [5.74, 6) is -0.187. The van der Waals surface area contributed by atoms with Crippen molar-refractivity contribution >= 4 is 16.7 Å². The molecule has 0 N–H and O–H groups in total. The summed E-state index contributed by atoms with van der Waals surface area (Å²) in [6.07, 6.45) is 1.09. The van der Waals surface area contributed by atoms with Gasteiger partial charge in [-0.05, 0) is 58.7 Å². The maximum absolute atomic E-state index is 13.1. The van der Waals surface area contributed by atoms with Gasteiger partial charge in [0, 0.05) is 38.4 Å². The van der Waals surface area contributed by atoms with Crippen molar-refractivity contribution in [3.63, 3.8) is 0 Å². The molecule has 0 aliphatic carbocycles. The highest BCUT2D eigenvalue weighted by molar-refractivity contribution is 5.73. The fraction of sp³-hybridized carbons (Fsp3) is 0.333. The highest BCUT2D eigenvalue weighted by Gasteiger charge is 2.16. The number of halogens is 1. The third-order valence-corrected chi connectivity index (χ3v) is 4.50. The summed E-state index contributed by atoms with van der Waals surface area (Å²) in [6, 6.07) is 12.8. The Hall–Kier alpha value is -2.47. The second-order valence-corrected chi connectivity index (χ2v) is 6.18. The van der Waals surface area contributed by atoms with Gasteiger partial charge in [0.25, 0.3) is 0 Å². The standard InChI is InChI=1S/C18H19FN4O/c19-15-3-5-16(6-4-15)23-9-1-8-22(10-11-23)13-14-2-7-17-18(12-14)21-24-20-17/h2-7,12H,1,8-11,13H2. The Morgan fingerprint density at radius 1 is 0.917 bits per heavy atom. The molecule has 1 aliphatic heterocycles. The van der Waals surface area contributed by atoms with Gasteiger partial charge in [-0.15, -0.1) is 0 Å². The second-order valence-electron chi connectivity index (χ2n) is 6.18. The van der Waals surface area contributed by atoms with Crippen LogP contribution in [-0.4, -0.2) is 41.4 Å². The van der Waals surface area contributed by atoms with Crippen molar-refractivity contribution in [2.75, 3.05) is 31.1 Å². The van der Waals surface area contributed by atoms with Gasteiger partial charge in [-0.3, -0.25) is 4.90 Å². The predicted molar refractivity (Wildman–Crippen MR) is 90.3 cm³/mol. The largest absolute Gasteiger partial charge is 0.370 e. The van der Waals surface area contributed by atoms with Crippen molar-refractivity contribution in [1.29, 1.82) is 0 Å². The van der Waals surface area contributed by atoms with Gasteiger partial charge in [-0.1, -0.05) is 6.07 Å². The summed E-state index contributed by atoms with van der Waals surface area (Å²) in [7, 11) is 0. The second kappa shape index (κ2) is 6.57. The average Bonchev–Trinajstić information content (AvgIpc) is 2.94. The van der Waals surface area contributed by atoms with Crippen molar-refractivity contribution in [3.05, 3.63) is 53.8 Å². The molecule has 0 unspecified atom stereocenters. The lowest BCUT2D eigenvalue weighted by molar-refractivity contribution is 0.285. The van der Waals surface area contributed by atoms with Crippen LogP contribution in [0.3, 0.4) is 0 Å². The van der Waals surface area contributed by atoms with Gasteiger partial charge in [0.1, 0.15) is 16.9 Å². The molecule has 1 fully saturated rings. The van der Waals surface area contributed by atoms with Gasteiger partial charge in [-0.25, -0.2) is 9.02 Å². The lowest BCUT2D eigenvalue weighted by atomic mass is 10.2. The van der Waals surface area contributed by atoms with E-state index >= 15 is 0 Å². The van der Waals surface area contributed by atoms with Crippen LogP contribution < -0.4 is 4.90 Å². The Morgan fingerprint density at radius 3 is 2.62 bits per heavy atom. The van der Waals surface area contributed by atoms with Crippen LogP contribution in [-0.2, 0) is 6.54 Å². The molecule has 124 valence electrons. The molecule has 0 saturated carbocycles. The Kier molecular flexibility index (Phi) is 4.13. The average molecular weight is 326 g/mol. The summed E-state index contributed by atoms with van der Waals surface area (Å²) in [5.41, 5.74) is 3.90. The number of fused-ring (bicyclic) bond motifs is 1. The molecule has 0 amide bonds. The molecule has 5 nitrogen and oxygen atoms in total. The number of aromatic nitrogens is 2. The minimum Gasteiger partial charge on any atom is -0.370 e. The molecule has 0 atom stereocenters. The van der Waals surface area contributed by atoms with Crippen LogP contribution in [0.25, 0.3) is 11.0 Å². The molecular formula is C18H19FN4O. The molecule has 3 aromatic rings. The molecule has 2 heterocycles.